The van der Waals surface area contributed by atoms with E-state index < -0.39 is 16.6 Å². The van der Waals surface area contributed by atoms with Crippen molar-refractivity contribution in [1.29, 1.82) is 0 Å². The standard InChI is InChI=1S/C25H27FN6O3S/c1-16(29-19-8-18(26)9-27-10-19)20-6-17(24(33)32-12-25(13-32)14-36(34)15-25)7-21-23(20)30-22(11-28-21)31-2-4-35-5-3-31/h6-11,16,29H,2-5,12-15H2,1H3. The second kappa shape index (κ2) is 9.04. The Bertz CT molecular complexity index is 1350. The van der Waals surface area contributed by atoms with Gasteiger partial charge in [-0.25, -0.2) is 9.37 Å². The van der Waals surface area contributed by atoms with Gasteiger partial charge in [0.2, 0.25) is 0 Å². The Balaban J connectivity index is 1.35. The highest BCUT2D eigenvalue weighted by Crippen LogP contribution is 2.40. The van der Waals surface area contributed by atoms with E-state index in [1.165, 1.54) is 6.07 Å². The van der Waals surface area contributed by atoms with Gasteiger partial charge in [-0.15, -0.1) is 0 Å². The summed E-state index contributed by atoms with van der Waals surface area (Å²) in [6, 6.07) is 4.73. The lowest BCUT2D eigenvalue weighted by Gasteiger charge is -2.54. The molecule has 5 heterocycles. The Hall–Kier alpha value is -3.18. The zero-order valence-corrected chi connectivity index (χ0v) is 20.8. The molecule has 1 atom stereocenters. The van der Waals surface area contributed by atoms with Crippen LogP contribution in [0.3, 0.4) is 0 Å². The summed E-state index contributed by atoms with van der Waals surface area (Å²) in [5.74, 6) is 1.61. The van der Waals surface area contributed by atoms with Gasteiger partial charge in [-0.1, -0.05) is 0 Å². The monoisotopic (exact) mass is 510 g/mol. The topological polar surface area (TPSA) is 101 Å². The first kappa shape index (κ1) is 23.2. The number of halogens is 1. The summed E-state index contributed by atoms with van der Waals surface area (Å²) in [6.07, 6.45) is 4.45. The van der Waals surface area contributed by atoms with Gasteiger partial charge in [-0.2, -0.15) is 0 Å². The lowest BCUT2D eigenvalue weighted by Crippen LogP contribution is -2.67. The molecule has 6 rings (SSSR count). The lowest BCUT2D eigenvalue weighted by atomic mass is 9.82. The Morgan fingerprint density at radius 2 is 1.94 bits per heavy atom. The van der Waals surface area contributed by atoms with E-state index in [1.807, 2.05) is 17.9 Å². The van der Waals surface area contributed by atoms with Gasteiger partial charge in [0.1, 0.15) is 11.6 Å². The fourth-order valence-electron chi connectivity index (χ4n) is 5.26. The predicted octanol–water partition coefficient (Wildman–Crippen LogP) is 2.38. The number of nitrogens with zero attached hydrogens (tertiary/aromatic N) is 5. The summed E-state index contributed by atoms with van der Waals surface area (Å²) in [5.41, 5.74) is 3.21. The van der Waals surface area contributed by atoms with Crippen molar-refractivity contribution in [2.24, 2.45) is 5.41 Å². The van der Waals surface area contributed by atoms with Crippen LogP contribution in [-0.4, -0.2) is 80.9 Å². The summed E-state index contributed by atoms with van der Waals surface area (Å²) in [5, 5.41) is 3.29. The first-order valence-corrected chi connectivity index (χ1v) is 13.5. The van der Waals surface area contributed by atoms with Crippen LogP contribution >= 0.6 is 0 Å². The minimum absolute atomic E-state index is 0.0340. The van der Waals surface area contributed by atoms with Crippen LogP contribution < -0.4 is 10.2 Å². The Labute approximate surface area is 210 Å². The third kappa shape index (κ3) is 4.30. The zero-order valence-electron chi connectivity index (χ0n) is 19.9. The third-order valence-corrected chi connectivity index (χ3v) is 8.94. The smallest absolute Gasteiger partial charge is 0.253 e. The summed E-state index contributed by atoms with van der Waals surface area (Å²) in [6.45, 7) is 5.95. The molecule has 188 valence electrons. The van der Waals surface area contributed by atoms with Crippen LogP contribution in [0.4, 0.5) is 15.9 Å². The van der Waals surface area contributed by atoms with E-state index in [-0.39, 0.29) is 17.4 Å². The molecule has 36 heavy (non-hydrogen) atoms. The SMILES string of the molecule is CC(Nc1cncc(F)c1)c1cc(C(=O)N2CC3(C2)CS(=O)C3)cc2ncc(N3CCOCC3)nc12. The van der Waals surface area contributed by atoms with E-state index in [9.17, 15) is 13.4 Å². The number of pyridine rings is 1. The number of hydrogen-bond donors (Lipinski definition) is 1. The number of amides is 1. The van der Waals surface area contributed by atoms with Crippen LogP contribution in [0.25, 0.3) is 11.0 Å². The number of carbonyl (C=O) groups is 1. The molecule has 1 spiro atoms. The van der Waals surface area contributed by atoms with E-state index >= 15 is 0 Å². The van der Waals surface area contributed by atoms with Crippen LogP contribution in [0.15, 0.2) is 36.8 Å². The summed E-state index contributed by atoms with van der Waals surface area (Å²) in [4.78, 5) is 30.8. The summed E-state index contributed by atoms with van der Waals surface area (Å²) in [7, 11) is -0.745. The number of aromatic nitrogens is 3. The molecular weight excluding hydrogens is 483 g/mol. The third-order valence-electron chi connectivity index (χ3n) is 7.08. The Kier molecular flexibility index (Phi) is 5.83. The predicted molar refractivity (Wildman–Crippen MR) is 135 cm³/mol. The molecule has 2 aromatic heterocycles. The Morgan fingerprint density at radius 1 is 1.17 bits per heavy atom. The second-order valence-corrected chi connectivity index (χ2v) is 11.4. The molecule has 1 N–H and O–H groups in total. The number of carbonyl (C=O) groups excluding carboxylic acids is 1. The number of nitrogens with one attached hydrogen (secondary N) is 1. The number of anilines is 2. The van der Waals surface area contributed by atoms with Gasteiger partial charge in [-0.3, -0.25) is 19.0 Å². The summed E-state index contributed by atoms with van der Waals surface area (Å²) >= 11 is 0. The normalized spacial score (nSPS) is 20.2. The van der Waals surface area contributed by atoms with Crippen molar-refractivity contribution in [3.8, 4) is 0 Å². The van der Waals surface area contributed by atoms with Gasteiger partial charge in [0, 0.05) is 71.1 Å². The number of rotatable bonds is 5. The fraction of sp³-hybridized carbons (Fsp3) is 0.440. The Morgan fingerprint density at radius 3 is 2.67 bits per heavy atom. The number of hydrogen-bond acceptors (Lipinski definition) is 8. The molecule has 9 nitrogen and oxygen atoms in total. The van der Waals surface area contributed by atoms with Crippen LogP contribution in [0.5, 0.6) is 0 Å². The number of morpholine rings is 1. The molecule has 3 aliphatic heterocycles. The highest BCUT2D eigenvalue weighted by molar-refractivity contribution is 7.86. The van der Waals surface area contributed by atoms with Crippen molar-refractivity contribution in [3.63, 3.8) is 0 Å². The number of ether oxygens (including phenoxy) is 1. The minimum atomic E-state index is -0.745. The van der Waals surface area contributed by atoms with Gasteiger partial charge in [-0.05, 0) is 19.1 Å². The molecule has 3 aliphatic rings. The number of likely N-dealkylation sites (tertiary alicyclic amines) is 1. The van der Waals surface area contributed by atoms with Crippen molar-refractivity contribution in [2.45, 2.75) is 13.0 Å². The molecule has 1 unspecified atom stereocenters. The maximum absolute atomic E-state index is 13.7. The highest BCUT2D eigenvalue weighted by atomic mass is 32.2. The first-order valence-electron chi connectivity index (χ1n) is 12.0. The minimum Gasteiger partial charge on any atom is -0.378 e. The molecule has 3 saturated heterocycles. The van der Waals surface area contributed by atoms with E-state index in [0.29, 0.717) is 60.1 Å². The quantitative estimate of drug-likeness (QED) is 0.559. The van der Waals surface area contributed by atoms with Gasteiger partial charge in [0.25, 0.3) is 5.91 Å². The van der Waals surface area contributed by atoms with Crippen molar-refractivity contribution in [3.05, 3.63) is 53.7 Å². The molecule has 0 bridgehead atoms. The van der Waals surface area contributed by atoms with Gasteiger partial charge in [0.05, 0.1) is 54.6 Å². The largest absolute Gasteiger partial charge is 0.378 e. The highest BCUT2D eigenvalue weighted by Gasteiger charge is 2.53. The van der Waals surface area contributed by atoms with Crippen molar-refractivity contribution >= 4 is 39.2 Å². The van der Waals surface area contributed by atoms with Crippen LogP contribution in [-0.2, 0) is 15.5 Å². The summed E-state index contributed by atoms with van der Waals surface area (Å²) < 4.78 is 30.8. The maximum atomic E-state index is 13.7. The molecule has 0 saturated carbocycles. The number of fused-ring (bicyclic) bond motifs is 1. The number of benzene rings is 1. The van der Waals surface area contributed by atoms with Crippen LogP contribution in [0.2, 0.25) is 0 Å². The van der Waals surface area contributed by atoms with Gasteiger partial charge >= 0.3 is 0 Å². The van der Waals surface area contributed by atoms with Gasteiger partial charge in [0.15, 0.2) is 0 Å². The molecule has 0 radical (unpaired) electrons. The van der Waals surface area contributed by atoms with E-state index in [1.54, 1.807) is 18.5 Å². The van der Waals surface area contributed by atoms with E-state index in [2.05, 4.69) is 20.2 Å². The van der Waals surface area contributed by atoms with E-state index in [0.717, 1.165) is 30.7 Å². The van der Waals surface area contributed by atoms with Crippen molar-refractivity contribution in [1.82, 2.24) is 19.9 Å². The van der Waals surface area contributed by atoms with Crippen molar-refractivity contribution < 1.29 is 18.1 Å². The average molecular weight is 511 g/mol. The van der Waals surface area contributed by atoms with Gasteiger partial charge < -0.3 is 19.9 Å². The molecule has 1 amide bonds. The average Bonchev–Trinajstić information content (AvgIpc) is 2.84. The second-order valence-electron chi connectivity index (χ2n) is 9.91. The molecule has 1 aromatic carbocycles. The van der Waals surface area contributed by atoms with Crippen molar-refractivity contribution in [2.75, 3.05) is 61.1 Å². The first-order chi connectivity index (χ1) is 17.4. The fourth-order valence-corrected chi connectivity index (χ4v) is 6.91. The molecule has 3 aromatic rings. The maximum Gasteiger partial charge on any atom is 0.253 e. The zero-order chi connectivity index (χ0) is 24.9. The lowest BCUT2D eigenvalue weighted by molar-refractivity contribution is 0.0216. The van der Waals surface area contributed by atoms with E-state index in [4.69, 9.17) is 9.72 Å². The van der Waals surface area contributed by atoms with Crippen LogP contribution in [0.1, 0.15) is 28.9 Å². The molecule has 3 fully saturated rings. The molecule has 0 aliphatic carbocycles. The molecule has 11 heteroatoms. The molecular formula is C25H27FN6O3S. The van der Waals surface area contributed by atoms with Crippen LogP contribution in [0, 0.1) is 11.2 Å².